The molecule has 3 heterocycles. The monoisotopic (exact) mass is 423 g/mol. The highest BCUT2D eigenvalue weighted by Crippen LogP contribution is 2.41. The van der Waals surface area contributed by atoms with E-state index in [0.29, 0.717) is 23.7 Å². The van der Waals surface area contributed by atoms with E-state index in [1.165, 1.54) is 0 Å². The number of fused-ring (bicyclic) bond motifs is 3. The minimum atomic E-state index is -0.139. The molecule has 0 radical (unpaired) electrons. The lowest BCUT2D eigenvalue weighted by Crippen LogP contribution is -2.50. The zero-order chi connectivity index (χ0) is 21.5. The third-order valence-electron chi connectivity index (χ3n) is 6.25. The molecule has 9 heteroatoms. The van der Waals surface area contributed by atoms with Gasteiger partial charge in [-0.05, 0) is 38.0 Å². The first kappa shape index (κ1) is 19.6. The first-order valence-electron chi connectivity index (χ1n) is 10.5. The van der Waals surface area contributed by atoms with Gasteiger partial charge in [-0.3, -0.25) is 4.79 Å². The lowest BCUT2D eigenvalue weighted by Gasteiger charge is -2.44. The molecule has 0 spiro atoms. The van der Waals surface area contributed by atoms with Crippen LogP contribution in [0.3, 0.4) is 0 Å². The number of aryl methyl sites for hydroxylation is 1. The fourth-order valence-electron chi connectivity index (χ4n) is 4.81. The molecule has 3 aromatic rings. The second-order valence-corrected chi connectivity index (χ2v) is 8.06. The fraction of sp³-hybridized carbons (Fsp3) is 0.455. The van der Waals surface area contributed by atoms with Crippen molar-refractivity contribution in [3.05, 3.63) is 41.5 Å². The number of hydrogen-bond donors (Lipinski definition) is 0. The second kappa shape index (κ2) is 7.72. The Morgan fingerprint density at radius 1 is 1.06 bits per heavy atom. The molecule has 0 saturated heterocycles. The van der Waals surface area contributed by atoms with Gasteiger partial charge in [-0.25, -0.2) is 0 Å². The van der Waals surface area contributed by atoms with Gasteiger partial charge in [0.25, 0.3) is 5.91 Å². The summed E-state index contributed by atoms with van der Waals surface area (Å²) in [5.74, 6) is 3.01. The summed E-state index contributed by atoms with van der Waals surface area (Å²) >= 11 is 0. The molecule has 1 aromatic carbocycles. The topological polar surface area (TPSA) is 95.5 Å². The molecule has 1 fully saturated rings. The molecule has 1 aliphatic heterocycles. The van der Waals surface area contributed by atoms with E-state index in [4.69, 9.17) is 14.0 Å². The van der Waals surface area contributed by atoms with Crippen LogP contribution < -0.4 is 9.47 Å². The van der Waals surface area contributed by atoms with E-state index in [9.17, 15) is 4.79 Å². The summed E-state index contributed by atoms with van der Waals surface area (Å²) in [6.45, 7) is 2.20. The van der Waals surface area contributed by atoms with E-state index in [0.717, 1.165) is 42.9 Å². The lowest BCUT2D eigenvalue weighted by atomic mass is 9.87. The van der Waals surface area contributed by atoms with Gasteiger partial charge in [0.1, 0.15) is 0 Å². The summed E-state index contributed by atoms with van der Waals surface area (Å²) in [4.78, 5) is 15.1. The Kier molecular flexibility index (Phi) is 4.88. The predicted octanol–water partition coefficient (Wildman–Crippen LogP) is 3.40. The van der Waals surface area contributed by atoms with Crippen molar-refractivity contribution in [2.45, 2.75) is 51.2 Å². The smallest absolute Gasteiger partial charge is 0.293 e. The van der Waals surface area contributed by atoms with Crippen molar-refractivity contribution in [1.29, 1.82) is 0 Å². The molecule has 2 aliphatic rings. The highest BCUT2D eigenvalue weighted by Gasteiger charge is 2.42. The molecular weight excluding hydrogens is 398 g/mol. The molecule has 1 saturated carbocycles. The number of methoxy groups -OCH3 is 2. The van der Waals surface area contributed by atoms with E-state index in [-0.39, 0.29) is 23.8 Å². The van der Waals surface area contributed by atoms with Crippen LogP contribution in [0.15, 0.2) is 28.8 Å². The molecule has 5 rings (SSSR count). The summed E-state index contributed by atoms with van der Waals surface area (Å²) in [6.07, 6.45) is 4.10. The third kappa shape index (κ3) is 3.24. The van der Waals surface area contributed by atoms with Gasteiger partial charge >= 0.3 is 0 Å². The maximum Gasteiger partial charge on any atom is 0.293 e. The average Bonchev–Trinajstić information content (AvgIpc) is 3.44. The van der Waals surface area contributed by atoms with Gasteiger partial charge in [-0.1, -0.05) is 18.0 Å². The zero-order valence-corrected chi connectivity index (χ0v) is 17.9. The lowest BCUT2D eigenvalue weighted by molar-refractivity contribution is 0.0383. The molecule has 0 bridgehead atoms. The SMILES string of the molecule is COc1ccc(-c2nnc3n2C2CCCCC2N(C(=O)c2cc(C)no2)C3)cc1OC. The van der Waals surface area contributed by atoms with Gasteiger partial charge < -0.3 is 23.5 Å². The molecule has 1 aliphatic carbocycles. The average molecular weight is 423 g/mol. The van der Waals surface area contributed by atoms with Crippen LogP contribution in [0.1, 0.15) is 53.8 Å². The first-order valence-corrected chi connectivity index (χ1v) is 10.5. The van der Waals surface area contributed by atoms with Crippen molar-refractivity contribution in [3.8, 4) is 22.9 Å². The van der Waals surface area contributed by atoms with E-state index in [2.05, 4.69) is 19.9 Å². The van der Waals surface area contributed by atoms with E-state index >= 15 is 0 Å². The Labute approximate surface area is 179 Å². The van der Waals surface area contributed by atoms with Crippen LogP contribution in [-0.4, -0.2) is 51.0 Å². The Morgan fingerprint density at radius 3 is 2.55 bits per heavy atom. The van der Waals surface area contributed by atoms with E-state index in [1.807, 2.05) is 30.0 Å². The standard InChI is InChI=1S/C22H25N5O4/c1-13-10-19(31-25-13)22(28)26-12-20-23-24-21(27(20)16-7-5-4-6-15(16)26)14-8-9-17(29-2)18(11-14)30-3/h8-11,15-16H,4-7,12H2,1-3H3. The van der Waals surface area contributed by atoms with Crippen LogP contribution >= 0.6 is 0 Å². The molecule has 2 aromatic heterocycles. The van der Waals surface area contributed by atoms with Crippen molar-refractivity contribution < 1.29 is 18.8 Å². The number of rotatable bonds is 4. The minimum Gasteiger partial charge on any atom is -0.493 e. The quantitative estimate of drug-likeness (QED) is 0.635. The van der Waals surface area contributed by atoms with Crippen molar-refractivity contribution >= 4 is 5.91 Å². The first-order chi connectivity index (χ1) is 15.1. The Hall–Kier alpha value is -3.36. The summed E-state index contributed by atoms with van der Waals surface area (Å²) < 4.78 is 18.3. The van der Waals surface area contributed by atoms with E-state index in [1.54, 1.807) is 20.3 Å². The molecule has 2 atom stereocenters. The van der Waals surface area contributed by atoms with Gasteiger partial charge in [-0.15, -0.1) is 10.2 Å². The number of nitrogens with zero attached hydrogens (tertiary/aromatic N) is 5. The molecular formula is C22H25N5O4. The van der Waals surface area contributed by atoms with Crippen LogP contribution in [0.5, 0.6) is 11.5 Å². The summed E-state index contributed by atoms with van der Waals surface area (Å²) in [5.41, 5.74) is 1.60. The minimum absolute atomic E-state index is 0.0639. The molecule has 2 unspecified atom stereocenters. The Bertz CT molecular complexity index is 1120. The van der Waals surface area contributed by atoms with Crippen molar-refractivity contribution in [1.82, 2.24) is 24.8 Å². The maximum atomic E-state index is 13.2. The summed E-state index contributed by atoms with van der Waals surface area (Å²) in [5, 5.41) is 12.8. The van der Waals surface area contributed by atoms with Crippen molar-refractivity contribution in [3.63, 3.8) is 0 Å². The van der Waals surface area contributed by atoms with Crippen LogP contribution in [0.2, 0.25) is 0 Å². The molecule has 1 amide bonds. The van der Waals surface area contributed by atoms with Gasteiger partial charge in [0, 0.05) is 11.6 Å². The van der Waals surface area contributed by atoms with Gasteiger partial charge in [0.15, 0.2) is 23.1 Å². The van der Waals surface area contributed by atoms with Crippen LogP contribution in [-0.2, 0) is 6.54 Å². The largest absolute Gasteiger partial charge is 0.493 e. The molecule has 9 nitrogen and oxygen atoms in total. The van der Waals surface area contributed by atoms with Crippen molar-refractivity contribution in [2.24, 2.45) is 0 Å². The summed E-state index contributed by atoms with van der Waals surface area (Å²) in [6, 6.07) is 7.62. The maximum absolute atomic E-state index is 13.2. The number of carbonyl (C=O) groups is 1. The summed E-state index contributed by atoms with van der Waals surface area (Å²) in [7, 11) is 3.23. The highest BCUT2D eigenvalue weighted by molar-refractivity contribution is 5.91. The zero-order valence-electron chi connectivity index (χ0n) is 17.9. The number of hydrogen-bond acceptors (Lipinski definition) is 7. The fourth-order valence-corrected chi connectivity index (χ4v) is 4.81. The van der Waals surface area contributed by atoms with Crippen LogP contribution in [0.4, 0.5) is 0 Å². The van der Waals surface area contributed by atoms with Crippen LogP contribution in [0.25, 0.3) is 11.4 Å². The number of ether oxygens (including phenoxy) is 2. The van der Waals surface area contributed by atoms with Crippen LogP contribution in [0, 0.1) is 6.92 Å². The van der Waals surface area contributed by atoms with Crippen molar-refractivity contribution in [2.75, 3.05) is 14.2 Å². The number of carbonyl (C=O) groups excluding carboxylic acids is 1. The normalized spacial score (nSPS) is 20.2. The molecule has 0 N–H and O–H groups in total. The highest BCUT2D eigenvalue weighted by atomic mass is 16.5. The second-order valence-electron chi connectivity index (χ2n) is 8.06. The number of aromatic nitrogens is 4. The molecule has 31 heavy (non-hydrogen) atoms. The third-order valence-corrected chi connectivity index (χ3v) is 6.25. The Balaban J connectivity index is 1.55. The molecule has 162 valence electrons. The predicted molar refractivity (Wildman–Crippen MR) is 111 cm³/mol. The van der Waals surface area contributed by atoms with Gasteiger partial charge in [0.2, 0.25) is 5.76 Å². The number of benzene rings is 1. The van der Waals surface area contributed by atoms with Gasteiger partial charge in [0.05, 0.1) is 38.5 Å². The van der Waals surface area contributed by atoms with E-state index < -0.39 is 0 Å². The Morgan fingerprint density at radius 2 is 1.84 bits per heavy atom. The van der Waals surface area contributed by atoms with Gasteiger partial charge in [-0.2, -0.15) is 0 Å². The number of amides is 1.